The second-order valence-electron chi connectivity index (χ2n) is 10.1. The van der Waals surface area contributed by atoms with Gasteiger partial charge in [0.1, 0.15) is 5.82 Å². The number of Topliss-reactive ketones (excluding diaryl/α,β-unsaturated/α-hetero) is 1. The highest BCUT2D eigenvalue weighted by Gasteiger charge is 2.41. The summed E-state index contributed by atoms with van der Waals surface area (Å²) in [5.41, 5.74) is 7.80. The number of benzene rings is 1. The van der Waals surface area contributed by atoms with E-state index in [4.69, 9.17) is 5.73 Å². The molecule has 5 rings (SSSR count). The van der Waals surface area contributed by atoms with Gasteiger partial charge >= 0.3 is 0 Å². The maximum Gasteiger partial charge on any atom is 0.251 e. The summed E-state index contributed by atoms with van der Waals surface area (Å²) >= 11 is 0. The molecule has 3 heterocycles. The molecule has 2 aliphatic heterocycles. The van der Waals surface area contributed by atoms with Gasteiger partial charge in [-0.05, 0) is 75.8 Å². The molecule has 0 radical (unpaired) electrons. The minimum Gasteiger partial charge on any atom is -0.382 e. The van der Waals surface area contributed by atoms with E-state index in [9.17, 15) is 14.4 Å². The van der Waals surface area contributed by atoms with E-state index in [-0.39, 0.29) is 17.7 Å². The van der Waals surface area contributed by atoms with Gasteiger partial charge in [0, 0.05) is 47.2 Å². The fourth-order valence-corrected chi connectivity index (χ4v) is 5.99. The number of aromatic nitrogens is 1. The number of fused-ring (bicyclic) bond motifs is 2. The molecule has 3 fully saturated rings. The molecule has 2 amide bonds. The average Bonchev–Trinajstić information content (AvgIpc) is 3.44. The molecule has 3 atom stereocenters. The van der Waals surface area contributed by atoms with Crippen LogP contribution < -0.4 is 21.3 Å². The van der Waals surface area contributed by atoms with Gasteiger partial charge in [-0.25, -0.2) is 4.98 Å². The number of primary amides is 1. The Morgan fingerprint density at radius 3 is 2.23 bits per heavy atom. The van der Waals surface area contributed by atoms with Crippen molar-refractivity contribution in [2.45, 2.75) is 82.5 Å². The first-order valence-electron chi connectivity index (χ1n) is 12.7. The van der Waals surface area contributed by atoms with Crippen LogP contribution in [0.3, 0.4) is 0 Å². The van der Waals surface area contributed by atoms with Crippen LogP contribution in [0.4, 0.5) is 11.5 Å². The van der Waals surface area contributed by atoms with Gasteiger partial charge in [0.05, 0.1) is 5.56 Å². The zero-order valence-electron chi connectivity index (χ0n) is 20.1. The second kappa shape index (κ2) is 9.68. The van der Waals surface area contributed by atoms with E-state index in [2.05, 4.69) is 20.5 Å². The van der Waals surface area contributed by atoms with Gasteiger partial charge in [0.25, 0.3) is 11.8 Å². The monoisotopic (exact) mass is 475 g/mol. The van der Waals surface area contributed by atoms with Crippen LogP contribution in [0.2, 0.25) is 0 Å². The Bertz CT molecular complexity index is 1110. The number of piperidine rings is 1. The van der Waals surface area contributed by atoms with E-state index in [0.29, 0.717) is 40.5 Å². The zero-order chi connectivity index (χ0) is 24.5. The molecule has 3 aliphatic rings. The highest BCUT2D eigenvalue weighted by atomic mass is 16.2. The van der Waals surface area contributed by atoms with E-state index in [1.807, 2.05) is 12.1 Å². The van der Waals surface area contributed by atoms with Gasteiger partial charge in [-0.3, -0.25) is 14.4 Å². The first-order valence-corrected chi connectivity index (χ1v) is 12.7. The molecule has 1 aromatic carbocycles. The first kappa shape index (κ1) is 23.3. The molecule has 8 heteroatoms. The first-order chi connectivity index (χ1) is 16.9. The number of carbonyl (C=O) groups excluding carboxylic acids is 3. The normalized spacial score (nSPS) is 23.8. The summed E-state index contributed by atoms with van der Waals surface area (Å²) in [6.45, 7) is 1.55. The van der Waals surface area contributed by atoms with Gasteiger partial charge in [0.2, 0.25) is 0 Å². The van der Waals surface area contributed by atoms with E-state index in [0.717, 1.165) is 44.3 Å². The molecular formula is C27H33N5O3. The Kier molecular flexibility index (Phi) is 6.45. The third-order valence-electron chi connectivity index (χ3n) is 7.75. The fraction of sp³-hybridized carbons (Fsp3) is 0.481. The SMILES string of the molecule is CC(=O)c1ccc(N2[C@@H]3CC[C@H]2C[C@@H](NC(=O)c2ccc(C(N)=O)c(NC4CCCC4)c2)C3)nc1. The maximum atomic E-state index is 13.2. The Hall–Kier alpha value is -3.42. The molecule has 8 nitrogen and oxygen atoms in total. The van der Waals surface area contributed by atoms with Crippen LogP contribution in [0.25, 0.3) is 0 Å². The Balaban J connectivity index is 1.26. The molecule has 2 saturated heterocycles. The van der Waals surface area contributed by atoms with Crippen molar-refractivity contribution in [2.24, 2.45) is 5.73 Å². The van der Waals surface area contributed by atoms with Crippen LogP contribution in [-0.2, 0) is 0 Å². The largest absolute Gasteiger partial charge is 0.382 e. The van der Waals surface area contributed by atoms with Crippen molar-refractivity contribution in [3.8, 4) is 0 Å². The molecule has 2 aromatic rings. The number of ketones is 1. The molecule has 4 N–H and O–H groups in total. The van der Waals surface area contributed by atoms with Crippen molar-refractivity contribution in [1.29, 1.82) is 0 Å². The maximum absolute atomic E-state index is 13.2. The molecule has 2 bridgehead atoms. The topological polar surface area (TPSA) is 117 Å². The quantitative estimate of drug-likeness (QED) is 0.526. The summed E-state index contributed by atoms with van der Waals surface area (Å²) < 4.78 is 0. The number of amides is 2. The molecule has 184 valence electrons. The minimum absolute atomic E-state index is 0.0129. The van der Waals surface area contributed by atoms with Crippen LogP contribution in [0.1, 0.15) is 89.4 Å². The number of nitrogens with one attached hydrogen (secondary N) is 2. The third-order valence-corrected chi connectivity index (χ3v) is 7.75. The van der Waals surface area contributed by atoms with Gasteiger partial charge in [-0.1, -0.05) is 12.8 Å². The van der Waals surface area contributed by atoms with Crippen LogP contribution in [0.5, 0.6) is 0 Å². The Morgan fingerprint density at radius 2 is 1.63 bits per heavy atom. The van der Waals surface area contributed by atoms with Gasteiger partial charge in [0.15, 0.2) is 5.78 Å². The molecule has 35 heavy (non-hydrogen) atoms. The summed E-state index contributed by atoms with van der Waals surface area (Å²) in [5, 5.41) is 6.66. The number of pyridine rings is 1. The highest BCUT2D eigenvalue weighted by Crippen LogP contribution is 2.38. The summed E-state index contributed by atoms with van der Waals surface area (Å²) in [5.74, 6) is 0.291. The summed E-state index contributed by atoms with van der Waals surface area (Å²) in [7, 11) is 0. The lowest BCUT2D eigenvalue weighted by molar-refractivity contribution is 0.0924. The number of anilines is 2. The number of hydrogen-bond donors (Lipinski definition) is 3. The third kappa shape index (κ3) is 4.88. The Labute approximate surface area is 205 Å². The van der Waals surface area contributed by atoms with Gasteiger partial charge in [-0.15, -0.1) is 0 Å². The summed E-state index contributed by atoms with van der Waals surface area (Å²) in [4.78, 5) is 43.6. The van der Waals surface area contributed by atoms with Crippen LogP contribution in [-0.4, -0.2) is 46.7 Å². The number of nitrogens with zero attached hydrogens (tertiary/aromatic N) is 2. The van der Waals surface area contributed by atoms with Crippen molar-refractivity contribution in [2.75, 3.05) is 10.2 Å². The summed E-state index contributed by atoms with van der Waals surface area (Å²) in [6.07, 6.45) is 9.94. The number of hydrogen-bond acceptors (Lipinski definition) is 6. The van der Waals surface area contributed by atoms with E-state index < -0.39 is 5.91 Å². The van der Waals surface area contributed by atoms with Crippen molar-refractivity contribution in [1.82, 2.24) is 10.3 Å². The summed E-state index contributed by atoms with van der Waals surface area (Å²) in [6, 6.07) is 9.87. The van der Waals surface area contributed by atoms with Crippen LogP contribution in [0, 0.1) is 0 Å². The van der Waals surface area contributed by atoms with Crippen molar-refractivity contribution in [3.05, 3.63) is 53.2 Å². The van der Waals surface area contributed by atoms with Crippen LogP contribution in [0.15, 0.2) is 36.5 Å². The molecular weight excluding hydrogens is 442 g/mol. The van der Waals surface area contributed by atoms with Crippen molar-refractivity contribution in [3.63, 3.8) is 0 Å². The molecule has 0 unspecified atom stereocenters. The molecule has 1 aromatic heterocycles. The standard InChI is InChI=1S/C27H33N5O3/c1-16(33)18-7-11-25(29-15-18)32-21-8-9-22(32)14-20(13-21)31-27(35)17-6-10-23(26(28)34)24(12-17)30-19-4-2-3-5-19/h6-7,10-12,15,19-22,30H,2-5,8-9,13-14H2,1H3,(H2,28,34)(H,31,35)/t20-,21+,22-. The number of nitrogens with two attached hydrogens (primary N) is 1. The van der Waals surface area contributed by atoms with Crippen molar-refractivity contribution < 1.29 is 14.4 Å². The highest BCUT2D eigenvalue weighted by molar-refractivity contribution is 6.02. The minimum atomic E-state index is -0.494. The lowest BCUT2D eigenvalue weighted by Gasteiger charge is -2.40. The lowest BCUT2D eigenvalue weighted by atomic mass is 9.96. The number of rotatable bonds is 7. The van der Waals surface area contributed by atoms with E-state index >= 15 is 0 Å². The Morgan fingerprint density at radius 1 is 0.943 bits per heavy atom. The van der Waals surface area contributed by atoms with E-state index in [1.165, 1.54) is 12.8 Å². The molecule has 0 spiro atoms. The number of carbonyl (C=O) groups is 3. The van der Waals surface area contributed by atoms with Crippen molar-refractivity contribution >= 4 is 29.1 Å². The van der Waals surface area contributed by atoms with Crippen LogP contribution >= 0.6 is 0 Å². The fourth-order valence-electron chi connectivity index (χ4n) is 5.99. The molecule has 1 aliphatic carbocycles. The predicted molar refractivity (Wildman–Crippen MR) is 135 cm³/mol. The van der Waals surface area contributed by atoms with Gasteiger partial charge in [-0.2, -0.15) is 0 Å². The predicted octanol–water partition coefficient (Wildman–Crippen LogP) is 3.67. The average molecular weight is 476 g/mol. The lowest BCUT2D eigenvalue weighted by Crippen LogP contribution is -2.50. The second-order valence-corrected chi connectivity index (χ2v) is 10.1. The molecule has 1 saturated carbocycles. The smallest absolute Gasteiger partial charge is 0.251 e. The van der Waals surface area contributed by atoms with Gasteiger partial charge < -0.3 is 21.3 Å². The van der Waals surface area contributed by atoms with E-state index in [1.54, 1.807) is 31.3 Å². The zero-order valence-corrected chi connectivity index (χ0v) is 20.1.